The van der Waals surface area contributed by atoms with Gasteiger partial charge < -0.3 is 4.84 Å². The molecule has 0 aliphatic carbocycles. The van der Waals surface area contributed by atoms with E-state index in [1.54, 1.807) is 37.5 Å². The van der Waals surface area contributed by atoms with E-state index in [1.165, 1.54) is 0 Å². The standard InChI is InChI=1S/C26H24Cl2N4O3/c1-5-23(33)32(25-29-13-15(2)14-30-25)24(34)21-7-6-17(8-16(21)3)22-12-26(4,35-31-22)18-9-19(27)11-20(28)10-18/h6-11,13-14H,5,12H2,1-4H3. The molecule has 4 rings (SSSR count). The van der Waals surface area contributed by atoms with Gasteiger partial charge in [0.2, 0.25) is 11.9 Å². The number of imide groups is 1. The van der Waals surface area contributed by atoms with Gasteiger partial charge in [-0.3, -0.25) is 9.59 Å². The van der Waals surface area contributed by atoms with Gasteiger partial charge in [-0.25, -0.2) is 14.9 Å². The van der Waals surface area contributed by atoms with Crippen LogP contribution in [0.2, 0.25) is 10.0 Å². The summed E-state index contributed by atoms with van der Waals surface area (Å²) in [6.07, 6.45) is 3.78. The summed E-state index contributed by atoms with van der Waals surface area (Å²) >= 11 is 12.4. The lowest BCUT2D eigenvalue weighted by atomic mass is 9.88. The fraction of sp³-hybridized carbons (Fsp3) is 0.269. The molecule has 0 saturated heterocycles. The molecule has 35 heavy (non-hydrogen) atoms. The van der Waals surface area contributed by atoms with Crippen LogP contribution < -0.4 is 4.90 Å². The fourth-order valence-corrected chi connectivity index (χ4v) is 4.41. The number of nitrogens with zero attached hydrogens (tertiary/aromatic N) is 4. The molecule has 2 heterocycles. The molecule has 2 aromatic carbocycles. The topological polar surface area (TPSA) is 84.8 Å². The van der Waals surface area contributed by atoms with Crippen LogP contribution in [0.3, 0.4) is 0 Å². The van der Waals surface area contributed by atoms with Gasteiger partial charge in [-0.15, -0.1) is 0 Å². The zero-order valence-corrected chi connectivity index (χ0v) is 21.3. The second kappa shape index (κ2) is 9.76. The average molecular weight is 511 g/mol. The second-order valence-electron chi connectivity index (χ2n) is 8.67. The molecule has 1 aliphatic rings. The van der Waals surface area contributed by atoms with Gasteiger partial charge in [0.05, 0.1) is 5.71 Å². The molecule has 7 nitrogen and oxygen atoms in total. The Hall–Kier alpha value is -3.29. The van der Waals surface area contributed by atoms with E-state index >= 15 is 0 Å². The third-order valence-corrected chi connectivity index (χ3v) is 6.28. The molecule has 0 fully saturated rings. The highest BCUT2D eigenvalue weighted by Gasteiger charge is 2.37. The number of hydrogen-bond donors (Lipinski definition) is 0. The molecule has 0 saturated carbocycles. The minimum absolute atomic E-state index is 0.0560. The Labute approximate surface area is 213 Å². The second-order valence-corrected chi connectivity index (χ2v) is 9.55. The number of benzene rings is 2. The number of carbonyl (C=O) groups excluding carboxylic acids is 2. The first kappa shape index (κ1) is 24.8. The Morgan fingerprint density at radius 2 is 1.71 bits per heavy atom. The SMILES string of the molecule is CCC(=O)N(C(=O)c1ccc(C2=NOC(C)(c3cc(Cl)cc(Cl)c3)C2)cc1C)c1ncc(C)cn1. The van der Waals surface area contributed by atoms with E-state index in [4.69, 9.17) is 28.0 Å². The van der Waals surface area contributed by atoms with Crippen LogP contribution in [0, 0.1) is 13.8 Å². The predicted molar refractivity (Wildman–Crippen MR) is 136 cm³/mol. The third-order valence-electron chi connectivity index (χ3n) is 5.85. The normalized spacial score (nSPS) is 17.0. The maximum atomic E-state index is 13.4. The molecule has 3 aromatic rings. The number of carbonyl (C=O) groups is 2. The van der Waals surface area contributed by atoms with E-state index < -0.39 is 11.5 Å². The Morgan fingerprint density at radius 1 is 1.06 bits per heavy atom. The minimum Gasteiger partial charge on any atom is -0.384 e. The molecule has 9 heteroatoms. The summed E-state index contributed by atoms with van der Waals surface area (Å²) in [4.78, 5) is 41.2. The Balaban J connectivity index is 1.60. The highest BCUT2D eigenvalue weighted by Crippen LogP contribution is 2.38. The molecule has 180 valence electrons. The predicted octanol–water partition coefficient (Wildman–Crippen LogP) is 6.02. The number of anilines is 1. The molecule has 1 atom stereocenters. The zero-order valence-electron chi connectivity index (χ0n) is 19.8. The molecular weight excluding hydrogens is 487 g/mol. The van der Waals surface area contributed by atoms with E-state index in [0.717, 1.165) is 27.3 Å². The quantitative estimate of drug-likeness (QED) is 0.418. The smallest absolute Gasteiger partial charge is 0.267 e. The van der Waals surface area contributed by atoms with Crippen molar-refractivity contribution in [2.24, 2.45) is 5.16 Å². The lowest BCUT2D eigenvalue weighted by Crippen LogP contribution is -2.38. The van der Waals surface area contributed by atoms with E-state index in [1.807, 2.05) is 39.0 Å². The van der Waals surface area contributed by atoms with Crippen molar-refractivity contribution >= 4 is 46.7 Å². The Bertz CT molecular complexity index is 1320. The number of amides is 2. The van der Waals surface area contributed by atoms with E-state index in [0.29, 0.717) is 27.6 Å². The number of hydrogen-bond acceptors (Lipinski definition) is 6. The van der Waals surface area contributed by atoms with E-state index in [9.17, 15) is 9.59 Å². The van der Waals surface area contributed by atoms with Crippen molar-refractivity contribution in [2.75, 3.05) is 4.90 Å². The number of rotatable bonds is 5. The minimum atomic E-state index is -0.723. The van der Waals surface area contributed by atoms with Gasteiger partial charge in [-0.1, -0.05) is 41.3 Å². The maximum absolute atomic E-state index is 13.4. The fourth-order valence-electron chi connectivity index (χ4n) is 3.89. The Kier molecular flexibility index (Phi) is 6.92. The van der Waals surface area contributed by atoms with Crippen LogP contribution in [0.5, 0.6) is 0 Å². The molecule has 0 radical (unpaired) electrons. The summed E-state index contributed by atoms with van der Waals surface area (Å²) in [5, 5.41) is 5.35. The monoisotopic (exact) mass is 510 g/mol. The summed E-state index contributed by atoms with van der Waals surface area (Å²) < 4.78 is 0. The van der Waals surface area contributed by atoms with Crippen LogP contribution in [-0.4, -0.2) is 27.5 Å². The summed E-state index contributed by atoms with van der Waals surface area (Å²) in [5.74, 6) is -0.805. The molecule has 2 amide bonds. The first-order valence-electron chi connectivity index (χ1n) is 11.1. The van der Waals surface area contributed by atoms with Gasteiger partial charge in [0, 0.05) is 46.4 Å². The first-order chi connectivity index (χ1) is 16.6. The molecule has 0 N–H and O–H groups in total. The number of oxime groups is 1. The van der Waals surface area contributed by atoms with Crippen LogP contribution in [0.25, 0.3) is 0 Å². The van der Waals surface area contributed by atoms with Crippen molar-refractivity contribution in [3.05, 3.63) is 86.7 Å². The maximum Gasteiger partial charge on any atom is 0.267 e. The summed E-state index contributed by atoms with van der Waals surface area (Å²) in [5.41, 5.74) is 3.55. The molecule has 0 bridgehead atoms. The summed E-state index contributed by atoms with van der Waals surface area (Å²) in [6.45, 7) is 7.26. The lowest BCUT2D eigenvalue weighted by molar-refractivity contribution is -0.117. The first-order valence-corrected chi connectivity index (χ1v) is 11.9. The number of halogens is 2. The van der Waals surface area contributed by atoms with E-state index in [-0.39, 0.29) is 18.3 Å². The molecule has 1 aromatic heterocycles. The highest BCUT2D eigenvalue weighted by molar-refractivity contribution is 6.34. The zero-order chi connectivity index (χ0) is 25.3. The average Bonchev–Trinajstić information content (AvgIpc) is 3.23. The van der Waals surface area contributed by atoms with Gasteiger partial charge in [0.25, 0.3) is 5.91 Å². The number of aryl methyl sites for hydroxylation is 2. The Morgan fingerprint density at radius 3 is 2.31 bits per heavy atom. The van der Waals surface area contributed by atoms with Crippen LogP contribution >= 0.6 is 23.2 Å². The van der Waals surface area contributed by atoms with Crippen molar-refractivity contribution in [2.45, 2.75) is 46.1 Å². The summed E-state index contributed by atoms with van der Waals surface area (Å²) in [7, 11) is 0. The van der Waals surface area contributed by atoms with Crippen molar-refractivity contribution in [3.63, 3.8) is 0 Å². The largest absolute Gasteiger partial charge is 0.384 e. The van der Waals surface area contributed by atoms with Crippen molar-refractivity contribution in [1.82, 2.24) is 9.97 Å². The van der Waals surface area contributed by atoms with Gasteiger partial charge in [-0.2, -0.15) is 0 Å². The molecular formula is C26H24Cl2N4O3. The molecule has 0 spiro atoms. The van der Waals surface area contributed by atoms with Gasteiger partial charge in [-0.05, 0) is 67.8 Å². The van der Waals surface area contributed by atoms with Crippen molar-refractivity contribution in [1.29, 1.82) is 0 Å². The van der Waals surface area contributed by atoms with Crippen LogP contribution in [0.1, 0.15) is 59.3 Å². The molecule has 1 unspecified atom stereocenters. The van der Waals surface area contributed by atoms with Gasteiger partial charge in [0.1, 0.15) is 0 Å². The van der Waals surface area contributed by atoms with E-state index in [2.05, 4.69) is 15.1 Å². The van der Waals surface area contributed by atoms with Crippen LogP contribution in [0.4, 0.5) is 5.95 Å². The number of aromatic nitrogens is 2. The van der Waals surface area contributed by atoms with Crippen molar-refractivity contribution in [3.8, 4) is 0 Å². The molecule has 1 aliphatic heterocycles. The van der Waals surface area contributed by atoms with Crippen LogP contribution in [-0.2, 0) is 15.2 Å². The van der Waals surface area contributed by atoms with Gasteiger partial charge >= 0.3 is 0 Å². The van der Waals surface area contributed by atoms with Crippen LogP contribution in [0.15, 0.2) is 53.9 Å². The highest BCUT2D eigenvalue weighted by atomic mass is 35.5. The third kappa shape index (κ3) is 5.06. The van der Waals surface area contributed by atoms with Crippen molar-refractivity contribution < 1.29 is 14.4 Å². The lowest BCUT2D eigenvalue weighted by Gasteiger charge is -2.22. The summed E-state index contributed by atoms with van der Waals surface area (Å²) in [6, 6.07) is 10.6. The van der Waals surface area contributed by atoms with Gasteiger partial charge in [0.15, 0.2) is 5.60 Å².